The van der Waals surface area contributed by atoms with Crippen molar-refractivity contribution < 1.29 is 9.13 Å². The highest BCUT2D eigenvalue weighted by Crippen LogP contribution is 2.29. The zero-order valence-electron chi connectivity index (χ0n) is 19.2. The molecule has 1 aliphatic carbocycles. The minimum Gasteiger partial charge on any atom is -0.377 e. The number of piperidine rings is 1. The predicted octanol–water partition coefficient (Wildman–Crippen LogP) is 4.65. The standard InChI is InChI=1S/C26H37FN4O/c27-25-9-3-4-10-26(25)31-19-22(16-28-31)18-29(20-24-8-5-15-32-24)17-21-11-13-30(14-12-21)23-6-1-2-7-23/h3-4,9-10,16,19,21,23-24H,1-2,5-8,11-15,17-18,20H2. The van der Waals surface area contributed by atoms with Crippen molar-refractivity contribution in [1.82, 2.24) is 19.6 Å². The molecule has 0 bridgehead atoms. The molecule has 1 atom stereocenters. The Morgan fingerprint density at radius 3 is 2.56 bits per heavy atom. The summed E-state index contributed by atoms with van der Waals surface area (Å²) in [5.74, 6) is 0.503. The Kier molecular flexibility index (Phi) is 7.20. The third-order valence-electron chi connectivity index (χ3n) is 7.63. The van der Waals surface area contributed by atoms with Crippen LogP contribution in [0.4, 0.5) is 4.39 Å². The largest absolute Gasteiger partial charge is 0.377 e. The molecule has 3 fully saturated rings. The van der Waals surface area contributed by atoms with Gasteiger partial charge < -0.3 is 9.64 Å². The van der Waals surface area contributed by atoms with Crippen molar-refractivity contribution in [2.45, 2.75) is 70.1 Å². The Morgan fingerprint density at radius 2 is 1.81 bits per heavy atom. The normalized spacial score (nSPS) is 23.5. The van der Waals surface area contributed by atoms with E-state index in [4.69, 9.17) is 4.74 Å². The maximum atomic E-state index is 14.2. The van der Waals surface area contributed by atoms with Crippen molar-refractivity contribution in [3.63, 3.8) is 0 Å². The van der Waals surface area contributed by atoms with Gasteiger partial charge in [-0.25, -0.2) is 9.07 Å². The lowest BCUT2D eigenvalue weighted by molar-refractivity contribution is 0.0540. The van der Waals surface area contributed by atoms with Crippen LogP contribution in [0.15, 0.2) is 36.7 Å². The minimum absolute atomic E-state index is 0.243. The van der Waals surface area contributed by atoms with Gasteiger partial charge in [-0.05, 0) is 69.7 Å². The van der Waals surface area contributed by atoms with Crippen LogP contribution in [0.25, 0.3) is 5.69 Å². The number of para-hydroxylation sites is 1. The van der Waals surface area contributed by atoms with E-state index in [-0.39, 0.29) is 5.82 Å². The Morgan fingerprint density at radius 1 is 1.00 bits per heavy atom. The van der Waals surface area contributed by atoms with Crippen LogP contribution in [-0.4, -0.2) is 64.5 Å². The van der Waals surface area contributed by atoms with Crippen molar-refractivity contribution in [3.05, 3.63) is 48.0 Å². The van der Waals surface area contributed by atoms with Crippen molar-refractivity contribution in [1.29, 1.82) is 0 Å². The van der Waals surface area contributed by atoms with Gasteiger partial charge in [0, 0.05) is 44.0 Å². The molecule has 174 valence electrons. The molecule has 6 heteroatoms. The Bertz CT molecular complexity index is 851. The van der Waals surface area contributed by atoms with Gasteiger partial charge in [0.15, 0.2) is 0 Å². The highest BCUT2D eigenvalue weighted by Gasteiger charge is 2.29. The summed E-state index contributed by atoms with van der Waals surface area (Å²) in [6, 6.07) is 7.67. The Labute approximate surface area is 191 Å². The smallest absolute Gasteiger partial charge is 0.148 e. The fourth-order valence-corrected chi connectivity index (χ4v) is 5.88. The van der Waals surface area contributed by atoms with Crippen LogP contribution in [0.5, 0.6) is 0 Å². The Hall–Kier alpha value is -1.76. The number of benzene rings is 1. The molecular formula is C26H37FN4O. The number of halogens is 1. The van der Waals surface area contributed by atoms with E-state index in [0.29, 0.717) is 11.8 Å². The van der Waals surface area contributed by atoms with Crippen LogP contribution >= 0.6 is 0 Å². The molecule has 1 aromatic heterocycles. The van der Waals surface area contributed by atoms with Crippen LogP contribution in [-0.2, 0) is 11.3 Å². The fraction of sp³-hybridized carbons (Fsp3) is 0.654. The van der Waals surface area contributed by atoms with Crippen LogP contribution in [0, 0.1) is 11.7 Å². The van der Waals surface area contributed by atoms with Crippen molar-refractivity contribution in [2.75, 3.05) is 32.8 Å². The van der Waals surface area contributed by atoms with Crippen LogP contribution in [0.3, 0.4) is 0 Å². The van der Waals surface area contributed by atoms with E-state index in [1.807, 2.05) is 18.5 Å². The lowest BCUT2D eigenvalue weighted by Gasteiger charge is -2.38. The first-order chi connectivity index (χ1) is 15.7. The molecule has 32 heavy (non-hydrogen) atoms. The quantitative estimate of drug-likeness (QED) is 0.599. The molecule has 0 amide bonds. The van der Waals surface area contributed by atoms with Gasteiger partial charge in [-0.1, -0.05) is 25.0 Å². The number of aromatic nitrogens is 2. The third kappa shape index (κ3) is 5.41. The average Bonchev–Trinajstić information content (AvgIpc) is 3.58. The van der Waals surface area contributed by atoms with Gasteiger partial charge in [0.2, 0.25) is 0 Å². The lowest BCUT2D eigenvalue weighted by Crippen LogP contribution is -2.43. The van der Waals surface area contributed by atoms with E-state index in [0.717, 1.165) is 50.2 Å². The first kappa shape index (κ1) is 22.1. The molecule has 2 saturated heterocycles. The molecule has 1 aromatic carbocycles. The lowest BCUT2D eigenvalue weighted by atomic mass is 9.94. The molecule has 0 spiro atoms. The van der Waals surface area contributed by atoms with Gasteiger partial charge in [0.05, 0.1) is 12.3 Å². The van der Waals surface area contributed by atoms with Crippen LogP contribution < -0.4 is 0 Å². The fourth-order valence-electron chi connectivity index (χ4n) is 5.88. The van der Waals surface area contributed by atoms with Crippen molar-refractivity contribution >= 4 is 0 Å². The highest BCUT2D eigenvalue weighted by molar-refractivity contribution is 5.32. The number of hydrogen-bond acceptors (Lipinski definition) is 4. The maximum absolute atomic E-state index is 14.2. The molecule has 0 N–H and O–H groups in total. The van der Waals surface area contributed by atoms with E-state index in [1.165, 1.54) is 64.1 Å². The molecule has 1 unspecified atom stereocenters. The number of likely N-dealkylation sites (tertiary alicyclic amines) is 1. The summed E-state index contributed by atoms with van der Waals surface area (Å²) in [7, 11) is 0. The summed E-state index contributed by atoms with van der Waals surface area (Å²) < 4.78 is 21.8. The summed E-state index contributed by atoms with van der Waals surface area (Å²) in [5.41, 5.74) is 1.64. The van der Waals surface area contributed by atoms with Crippen molar-refractivity contribution in [3.8, 4) is 5.69 Å². The topological polar surface area (TPSA) is 33.5 Å². The summed E-state index contributed by atoms with van der Waals surface area (Å²) >= 11 is 0. The Balaban J connectivity index is 1.21. The van der Waals surface area contributed by atoms with Gasteiger partial charge in [-0.15, -0.1) is 0 Å². The molecule has 1 saturated carbocycles. The van der Waals surface area contributed by atoms with E-state index in [1.54, 1.807) is 16.8 Å². The van der Waals surface area contributed by atoms with Gasteiger partial charge in [0.1, 0.15) is 11.5 Å². The first-order valence-electron chi connectivity index (χ1n) is 12.6. The van der Waals surface area contributed by atoms with Crippen molar-refractivity contribution in [2.24, 2.45) is 5.92 Å². The van der Waals surface area contributed by atoms with Gasteiger partial charge >= 0.3 is 0 Å². The molecule has 5 nitrogen and oxygen atoms in total. The minimum atomic E-state index is -0.243. The van der Waals surface area contributed by atoms with Gasteiger partial charge in [-0.3, -0.25) is 4.90 Å². The number of hydrogen-bond donors (Lipinski definition) is 0. The number of nitrogens with zero attached hydrogens (tertiary/aromatic N) is 4. The number of rotatable bonds is 8. The zero-order valence-corrected chi connectivity index (χ0v) is 19.2. The van der Waals surface area contributed by atoms with E-state index in [2.05, 4.69) is 14.9 Å². The summed E-state index contributed by atoms with van der Waals surface area (Å²) in [6.45, 7) is 6.35. The number of ether oxygens (including phenoxy) is 1. The average molecular weight is 441 g/mol. The molecular weight excluding hydrogens is 403 g/mol. The SMILES string of the molecule is Fc1ccccc1-n1cc(CN(CC2CCN(C3CCCC3)CC2)CC2CCCO2)cn1. The zero-order chi connectivity index (χ0) is 21.8. The highest BCUT2D eigenvalue weighted by atomic mass is 19.1. The van der Waals surface area contributed by atoms with E-state index >= 15 is 0 Å². The molecule has 5 rings (SSSR count). The maximum Gasteiger partial charge on any atom is 0.148 e. The molecule has 3 heterocycles. The first-order valence-corrected chi connectivity index (χ1v) is 12.6. The summed E-state index contributed by atoms with van der Waals surface area (Å²) in [6.07, 6.45) is 14.8. The summed E-state index contributed by atoms with van der Waals surface area (Å²) in [5, 5.41) is 4.45. The van der Waals surface area contributed by atoms with Gasteiger partial charge in [0.25, 0.3) is 0 Å². The second-order valence-corrected chi connectivity index (χ2v) is 9.99. The van der Waals surface area contributed by atoms with Gasteiger partial charge in [-0.2, -0.15) is 5.10 Å². The van der Waals surface area contributed by atoms with Crippen LogP contribution in [0.2, 0.25) is 0 Å². The second kappa shape index (κ2) is 10.4. The van der Waals surface area contributed by atoms with Crippen LogP contribution in [0.1, 0.15) is 56.9 Å². The molecule has 3 aliphatic rings. The summed E-state index contributed by atoms with van der Waals surface area (Å²) in [4.78, 5) is 5.32. The predicted molar refractivity (Wildman–Crippen MR) is 124 cm³/mol. The van der Waals surface area contributed by atoms with E-state index in [9.17, 15) is 4.39 Å². The monoisotopic (exact) mass is 440 g/mol. The molecule has 0 radical (unpaired) electrons. The third-order valence-corrected chi connectivity index (χ3v) is 7.63. The second-order valence-electron chi connectivity index (χ2n) is 9.99. The molecule has 2 aromatic rings. The molecule has 2 aliphatic heterocycles. The van der Waals surface area contributed by atoms with E-state index < -0.39 is 0 Å².